The van der Waals surface area contributed by atoms with Gasteiger partial charge >= 0.3 is 0 Å². The molecule has 0 fully saturated rings. The Morgan fingerprint density at radius 2 is 1.71 bits per heavy atom. The first-order chi connectivity index (χ1) is 8.34. The van der Waals surface area contributed by atoms with E-state index >= 15 is 0 Å². The molecule has 0 radical (unpaired) electrons. The first-order valence-electron chi connectivity index (χ1n) is 5.39. The average Bonchev–Trinajstić information content (AvgIpc) is 2.39. The molecule has 0 aromatic carbocycles. The van der Waals surface area contributed by atoms with Gasteiger partial charge in [-0.25, -0.2) is 0 Å². The summed E-state index contributed by atoms with van der Waals surface area (Å²) in [6, 6.07) is 7.49. The maximum Gasteiger partial charge on any atom is 0.224 e. The summed E-state index contributed by atoms with van der Waals surface area (Å²) in [4.78, 5) is 19.6. The van der Waals surface area contributed by atoms with Crippen molar-refractivity contribution in [3.8, 4) is 0 Å². The van der Waals surface area contributed by atoms with Crippen molar-refractivity contribution in [2.24, 2.45) is 0 Å². The molecule has 0 atom stereocenters. The Morgan fingerprint density at radius 3 is 2.29 bits per heavy atom. The van der Waals surface area contributed by atoms with E-state index in [0.29, 0.717) is 13.0 Å². The molecule has 0 saturated heterocycles. The summed E-state index contributed by atoms with van der Waals surface area (Å²) in [6.45, 7) is 0.507. The van der Waals surface area contributed by atoms with Crippen LogP contribution in [0.3, 0.4) is 0 Å². The van der Waals surface area contributed by atoms with Crippen molar-refractivity contribution in [3.05, 3.63) is 60.2 Å². The Hall–Kier alpha value is -2.23. The highest BCUT2D eigenvalue weighted by molar-refractivity contribution is 5.78. The van der Waals surface area contributed by atoms with Crippen LogP contribution in [0.25, 0.3) is 0 Å². The minimum atomic E-state index is -0.0122. The third-order valence-corrected chi connectivity index (χ3v) is 2.30. The largest absolute Gasteiger partial charge is 0.352 e. The molecule has 2 aromatic heterocycles. The van der Waals surface area contributed by atoms with Crippen LogP contribution in [0.1, 0.15) is 11.1 Å². The number of amides is 1. The zero-order valence-electron chi connectivity index (χ0n) is 9.34. The third kappa shape index (κ3) is 3.68. The van der Waals surface area contributed by atoms with Gasteiger partial charge in [-0.3, -0.25) is 14.8 Å². The molecule has 86 valence electrons. The van der Waals surface area contributed by atoms with Crippen LogP contribution in [0.2, 0.25) is 0 Å². The highest BCUT2D eigenvalue weighted by Crippen LogP contribution is 1.98. The molecule has 1 amide bonds. The van der Waals surface area contributed by atoms with Crippen LogP contribution in [0.4, 0.5) is 0 Å². The third-order valence-electron chi connectivity index (χ3n) is 2.30. The first kappa shape index (κ1) is 11.3. The minimum absolute atomic E-state index is 0.0122. The van der Waals surface area contributed by atoms with Crippen molar-refractivity contribution >= 4 is 5.91 Å². The second-order valence-electron chi connectivity index (χ2n) is 3.68. The molecular weight excluding hydrogens is 214 g/mol. The molecule has 4 nitrogen and oxygen atoms in total. The van der Waals surface area contributed by atoms with Crippen LogP contribution >= 0.6 is 0 Å². The number of hydrogen-bond donors (Lipinski definition) is 1. The van der Waals surface area contributed by atoms with E-state index in [4.69, 9.17) is 0 Å². The molecule has 2 heterocycles. The fourth-order valence-electron chi connectivity index (χ4n) is 1.45. The van der Waals surface area contributed by atoms with Crippen molar-refractivity contribution in [2.45, 2.75) is 13.0 Å². The van der Waals surface area contributed by atoms with E-state index in [1.54, 1.807) is 24.8 Å². The number of nitrogens with one attached hydrogen (secondary N) is 1. The summed E-state index contributed by atoms with van der Waals surface area (Å²) in [5.74, 6) is -0.0122. The number of carbonyl (C=O) groups excluding carboxylic acids is 1. The number of nitrogens with zero attached hydrogens (tertiary/aromatic N) is 2. The molecule has 4 heteroatoms. The Labute approximate surface area is 99.7 Å². The zero-order chi connectivity index (χ0) is 11.9. The average molecular weight is 227 g/mol. The quantitative estimate of drug-likeness (QED) is 0.857. The predicted octanol–water partition coefficient (Wildman–Crippen LogP) is 1.34. The summed E-state index contributed by atoms with van der Waals surface area (Å²) < 4.78 is 0. The van der Waals surface area contributed by atoms with E-state index in [2.05, 4.69) is 15.3 Å². The van der Waals surface area contributed by atoms with Gasteiger partial charge < -0.3 is 5.32 Å². The summed E-state index contributed by atoms with van der Waals surface area (Å²) in [5, 5.41) is 2.84. The van der Waals surface area contributed by atoms with E-state index in [9.17, 15) is 4.79 Å². The molecule has 0 aliphatic rings. The Morgan fingerprint density at radius 1 is 1.06 bits per heavy atom. The van der Waals surface area contributed by atoms with Crippen LogP contribution in [-0.2, 0) is 17.8 Å². The van der Waals surface area contributed by atoms with Crippen LogP contribution in [0.5, 0.6) is 0 Å². The fraction of sp³-hybridized carbons (Fsp3) is 0.154. The fourth-order valence-corrected chi connectivity index (χ4v) is 1.45. The smallest absolute Gasteiger partial charge is 0.224 e. The standard InChI is InChI=1S/C13H13N3O/c17-13(7-11-3-1-5-14-8-11)16-10-12-4-2-6-15-9-12/h1-6,8-9H,7,10H2,(H,16,17). The van der Waals surface area contributed by atoms with Crippen LogP contribution in [0, 0.1) is 0 Å². The molecule has 17 heavy (non-hydrogen) atoms. The minimum Gasteiger partial charge on any atom is -0.352 e. The molecule has 2 rings (SSSR count). The zero-order valence-corrected chi connectivity index (χ0v) is 9.34. The number of hydrogen-bond acceptors (Lipinski definition) is 3. The topological polar surface area (TPSA) is 54.9 Å². The van der Waals surface area contributed by atoms with Crippen molar-refractivity contribution in [1.82, 2.24) is 15.3 Å². The molecule has 0 spiro atoms. The van der Waals surface area contributed by atoms with Gasteiger partial charge in [0.05, 0.1) is 6.42 Å². The van der Waals surface area contributed by atoms with Gasteiger partial charge in [-0.15, -0.1) is 0 Å². The Bertz CT molecular complexity index is 471. The molecule has 1 N–H and O–H groups in total. The summed E-state index contributed by atoms with van der Waals surface area (Å²) in [5.41, 5.74) is 1.91. The van der Waals surface area contributed by atoms with Crippen molar-refractivity contribution in [2.75, 3.05) is 0 Å². The summed E-state index contributed by atoms with van der Waals surface area (Å²) in [7, 11) is 0. The number of aromatic nitrogens is 2. The van der Waals surface area contributed by atoms with E-state index in [1.807, 2.05) is 24.3 Å². The summed E-state index contributed by atoms with van der Waals surface area (Å²) >= 11 is 0. The second kappa shape index (κ2) is 5.75. The number of carbonyl (C=O) groups is 1. The first-order valence-corrected chi connectivity index (χ1v) is 5.39. The SMILES string of the molecule is O=C(Cc1cccnc1)NCc1cccnc1. The highest BCUT2D eigenvalue weighted by Gasteiger charge is 2.02. The highest BCUT2D eigenvalue weighted by atomic mass is 16.1. The molecule has 0 bridgehead atoms. The van der Waals surface area contributed by atoms with Gasteiger partial charge in [0.2, 0.25) is 5.91 Å². The lowest BCUT2D eigenvalue weighted by atomic mass is 10.2. The van der Waals surface area contributed by atoms with Crippen LogP contribution in [-0.4, -0.2) is 15.9 Å². The van der Waals surface area contributed by atoms with Crippen molar-refractivity contribution in [3.63, 3.8) is 0 Å². The Kier molecular flexibility index (Phi) is 3.81. The molecule has 0 aliphatic carbocycles. The monoisotopic (exact) mass is 227 g/mol. The predicted molar refractivity (Wildman–Crippen MR) is 64.0 cm³/mol. The number of pyridine rings is 2. The molecule has 2 aromatic rings. The Balaban J connectivity index is 1.83. The van der Waals surface area contributed by atoms with Crippen LogP contribution < -0.4 is 5.32 Å². The normalized spacial score (nSPS) is 9.88. The van der Waals surface area contributed by atoms with Gasteiger partial charge in [0.1, 0.15) is 0 Å². The van der Waals surface area contributed by atoms with Crippen molar-refractivity contribution < 1.29 is 4.79 Å². The lowest BCUT2D eigenvalue weighted by molar-refractivity contribution is -0.120. The molecule has 0 aliphatic heterocycles. The van der Waals surface area contributed by atoms with Crippen LogP contribution in [0.15, 0.2) is 49.1 Å². The van der Waals surface area contributed by atoms with E-state index in [-0.39, 0.29) is 5.91 Å². The maximum absolute atomic E-state index is 11.6. The van der Waals surface area contributed by atoms with E-state index in [0.717, 1.165) is 11.1 Å². The lowest BCUT2D eigenvalue weighted by Gasteiger charge is -2.04. The maximum atomic E-state index is 11.6. The van der Waals surface area contributed by atoms with Gasteiger partial charge in [-0.05, 0) is 23.3 Å². The van der Waals surface area contributed by atoms with Gasteiger partial charge in [0, 0.05) is 31.3 Å². The lowest BCUT2D eigenvalue weighted by Crippen LogP contribution is -2.24. The van der Waals surface area contributed by atoms with Gasteiger partial charge in [-0.1, -0.05) is 12.1 Å². The second-order valence-corrected chi connectivity index (χ2v) is 3.68. The van der Waals surface area contributed by atoms with Gasteiger partial charge in [0.15, 0.2) is 0 Å². The molecule has 0 unspecified atom stereocenters. The molecular formula is C13H13N3O. The van der Waals surface area contributed by atoms with E-state index in [1.165, 1.54) is 0 Å². The van der Waals surface area contributed by atoms with Gasteiger partial charge in [-0.2, -0.15) is 0 Å². The summed E-state index contributed by atoms with van der Waals surface area (Å²) in [6.07, 6.45) is 7.19. The number of rotatable bonds is 4. The van der Waals surface area contributed by atoms with Crippen molar-refractivity contribution in [1.29, 1.82) is 0 Å². The van der Waals surface area contributed by atoms with E-state index < -0.39 is 0 Å². The molecule has 0 saturated carbocycles. The van der Waals surface area contributed by atoms with Gasteiger partial charge in [0.25, 0.3) is 0 Å².